The molecule has 0 saturated carbocycles. The van der Waals surface area contributed by atoms with E-state index in [2.05, 4.69) is 5.32 Å². The van der Waals surface area contributed by atoms with Crippen molar-refractivity contribution >= 4 is 0 Å². The molecular weight excluding hydrogens is 245 g/mol. The van der Waals surface area contributed by atoms with Crippen molar-refractivity contribution in [3.05, 3.63) is 0 Å². The average Bonchev–Trinajstić information content (AvgIpc) is 2.26. The highest BCUT2D eigenvalue weighted by atomic mass is 19.4. The molecule has 18 heavy (non-hydrogen) atoms. The molecule has 1 unspecified atom stereocenters. The molecule has 0 spiro atoms. The van der Waals surface area contributed by atoms with E-state index in [0.29, 0.717) is 38.9 Å². The summed E-state index contributed by atoms with van der Waals surface area (Å²) in [5.41, 5.74) is -0.733. The SMILES string of the molecule is CCC(C)(O)CNC1CCN(CC(F)(F)F)CC1. The molecule has 108 valence electrons. The fourth-order valence-electron chi connectivity index (χ4n) is 2.04. The Bertz CT molecular complexity index is 248. The first-order valence-electron chi connectivity index (χ1n) is 6.47. The molecule has 1 saturated heterocycles. The Kier molecular flexibility index (Phi) is 5.43. The summed E-state index contributed by atoms with van der Waals surface area (Å²) in [7, 11) is 0. The summed E-state index contributed by atoms with van der Waals surface area (Å²) in [5, 5.41) is 13.1. The maximum Gasteiger partial charge on any atom is 0.401 e. The molecule has 0 aromatic carbocycles. The second kappa shape index (κ2) is 6.21. The van der Waals surface area contributed by atoms with Crippen molar-refractivity contribution in [2.45, 2.75) is 50.9 Å². The largest absolute Gasteiger partial charge is 0.401 e. The summed E-state index contributed by atoms with van der Waals surface area (Å²) < 4.78 is 36.6. The van der Waals surface area contributed by atoms with Gasteiger partial charge in [0.2, 0.25) is 0 Å². The number of alkyl halides is 3. The zero-order chi connectivity index (χ0) is 13.8. The van der Waals surface area contributed by atoms with Crippen LogP contribution in [-0.2, 0) is 0 Å². The molecule has 2 N–H and O–H groups in total. The van der Waals surface area contributed by atoms with Crippen molar-refractivity contribution in [2.24, 2.45) is 0 Å². The van der Waals surface area contributed by atoms with E-state index in [1.165, 1.54) is 4.90 Å². The number of hydrogen-bond acceptors (Lipinski definition) is 3. The highest BCUT2D eigenvalue weighted by Crippen LogP contribution is 2.20. The molecule has 0 aromatic heterocycles. The Morgan fingerprint density at radius 3 is 2.28 bits per heavy atom. The zero-order valence-corrected chi connectivity index (χ0v) is 11.1. The van der Waals surface area contributed by atoms with Crippen LogP contribution in [0.15, 0.2) is 0 Å². The van der Waals surface area contributed by atoms with E-state index < -0.39 is 18.3 Å². The molecule has 1 rings (SSSR count). The second-order valence-corrected chi connectivity index (χ2v) is 5.40. The highest BCUT2D eigenvalue weighted by Gasteiger charge is 2.32. The van der Waals surface area contributed by atoms with Crippen molar-refractivity contribution in [3.63, 3.8) is 0 Å². The average molecular weight is 268 g/mol. The molecule has 1 atom stereocenters. The lowest BCUT2D eigenvalue weighted by Gasteiger charge is -2.34. The predicted octanol–water partition coefficient (Wildman–Crippen LogP) is 1.76. The van der Waals surface area contributed by atoms with Crippen molar-refractivity contribution in [2.75, 3.05) is 26.2 Å². The van der Waals surface area contributed by atoms with Gasteiger partial charge < -0.3 is 10.4 Å². The van der Waals surface area contributed by atoms with Crippen molar-refractivity contribution in [1.29, 1.82) is 0 Å². The molecular formula is C12H23F3N2O. The van der Waals surface area contributed by atoms with Gasteiger partial charge in [0, 0.05) is 12.6 Å². The van der Waals surface area contributed by atoms with Gasteiger partial charge in [-0.2, -0.15) is 13.2 Å². The van der Waals surface area contributed by atoms with Crippen LogP contribution in [0.3, 0.4) is 0 Å². The summed E-state index contributed by atoms with van der Waals surface area (Å²) in [6.07, 6.45) is -2.04. The molecule has 1 heterocycles. The maximum absolute atomic E-state index is 12.2. The number of nitrogens with one attached hydrogen (secondary N) is 1. The van der Waals surface area contributed by atoms with Gasteiger partial charge in [0.15, 0.2) is 0 Å². The third kappa shape index (κ3) is 6.02. The fourth-order valence-corrected chi connectivity index (χ4v) is 2.04. The van der Waals surface area contributed by atoms with Crippen LogP contribution in [0.4, 0.5) is 13.2 Å². The molecule has 0 amide bonds. The quantitative estimate of drug-likeness (QED) is 0.797. The summed E-state index contributed by atoms with van der Waals surface area (Å²) in [6, 6.07) is 0.215. The third-order valence-corrected chi connectivity index (χ3v) is 3.52. The van der Waals surface area contributed by atoms with E-state index >= 15 is 0 Å². The molecule has 1 aliphatic heterocycles. The van der Waals surface area contributed by atoms with E-state index in [4.69, 9.17) is 0 Å². The molecule has 0 aromatic rings. The first-order chi connectivity index (χ1) is 8.22. The first-order valence-corrected chi connectivity index (χ1v) is 6.47. The molecule has 3 nitrogen and oxygen atoms in total. The number of aliphatic hydroxyl groups is 1. The van der Waals surface area contributed by atoms with Crippen LogP contribution in [0.25, 0.3) is 0 Å². The minimum atomic E-state index is -4.11. The van der Waals surface area contributed by atoms with E-state index in [0.717, 1.165) is 0 Å². The van der Waals surface area contributed by atoms with E-state index in [9.17, 15) is 18.3 Å². The number of hydrogen-bond donors (Lipinski definition) is 2. The highest BCUT2D eigenvalue weighted by molar-refractivity contribution is 4.82. The van der Waals surface area contributed by atoms with Crippen molar-refractivity contribution in [1.82, 2.24) is 10.2 Å². The summed E-state index contributed by atoms with van der Waals surface area (Å²) in [5.74, 6) is 0. The minimum absolute atomic E-state index is 0.215. The van der Waals surface area contributed by atoms with Gasteiger partial charge in [-0.15, -0.1) is 0 Å². The van der Waals surface area contributed by atoms with E-state index in [1.807, 2.05) is 6.92 Å². The Morgan fingerprint density at radius 1 is 1.28 bits per heavy atom. The zero-order valence-electron chi connectivity index (χ0n) is 11.1. The summed E-state index contributed by atoms with van der Waals surface area (Å²) in [4.78, 5) is 1.44. The molecule has 1 aliphatic rings. The molecule has 0 radical (unpaired) electrons. The van der Waals surface area contributed by atoms with Gasteiger partial charge in [0.05, 0.1) is 12.1 Å². The lowest BCUT2D eigenvalue weighted by Crippen LogP contribution is -2.48. The first kappa shape index (κ1) is 15.7. The van der Waals surface area contributed by atoms with Crippen LogP contribution >= 0.6 is 0 Å². The van der Waals surface area contributed by atoms with E-state index in [-0.39, 0.29) is 6.04 Å². The summed E-state index contributed by atoms with van der Waals surface area (Å²) >= 11 is 0. The van der Waals surface area contributed by atoms with Gasteiger partial charge >= 0.3 is 6.18 Å². The van der Waals surface area contributed by atoms with Gasteiger partial charge in [-0.1, -0.05) is 6.92 Å². The number of nitrogens with zero attached hydrogens (tertiary/aromatic N) is 1. The lowest BCUT2D eigenvalue weighted by atomic mass is 10.0. The van der Waals surface area contributed by atoms with Crippen LogP contribution in [0.5, 0.6) is 0 Å². The Balaban J connectivity index is 2.23. The van der Waals surface area contributed by atoms with E-state index in [1.54, 1.807) is 6.92 Å². The standard InChI is InChI=1S/C12H23F3N2O/c1-3-11(2,18)8-16-10-4-6-17(7-5-10)9-12(13,14)15/h10,16,18H,3-9H2,1-2H3. The Hall–Kier alpha value is -0.330. The topological polar surface area (TPSA) is 35.5 Å². The van der Waals surface area contributed by atoms with Crippen LogP contribution < -0.4 is 5.32 Å². The van der Waals surface area contributed by atoms with Gasteiger partial charge in [0.1, 0.15) is 0 Å². The Labute approximate surface area is 106 Å². The smallest absolute Gasteiger partial charge is 0.389 e. The lowest BCUT2D eigenvalue weighted by molar-refractivity contribution is -0.148. The van der Waals surface area contributed by atoms with Crippen molar-refractivity contribution in [3.8, 4) is 0 Å². The summed E-state index contributed by atoms with van der Waals surface area (Å²) in [6.45, 7) is 4.28. The molecule has 0 aliphatic carbocycles. The van der Waals surface area contributed by atoms with Crippen LogP contribution in [-0.4, -0.2) is 54.0 Å². The molecule has 6 heteroatoms. The molecule has 1 fully saturated rings. The normalized spacial score (nSPS) is 23.0. The van der Waals surface area contributed by atoms with Gasteiger partial charge in [-0.05, 0) is 39.3 Å². The minimum Gasteiger partial charge on any atom is -0.389 e. The fraction of sp³-hybridized carbons (Fsp3) is 1.00. The van der Waals surface area contributed by atoms with Gasteiger partial charge in [0.25, 0.3) is 0 Å². The van der Waals surface area contributed by atoms with Crippen LogP contribution in [0.1, 0.15) is 33.1 Å². The number of halogens is 3. The monoisotopic (exact) mass is 268 g/mol. The van der Waals surface area contributed by atoms with Gasteiger partial charge in [-0.3, -0.25) is 4.90 Å². The van der Waals surface area contributed by atoms with Gasteiger partial charge in [-0.25, -0.2) is 0 Å². The van der Waals surface area contributed by atoms with Crippen LogP contribution in [0, 0.1) is 0 Å². The second-order valence-electron chi connectivity index (χ2n) is 5.40. The van der Waals surface area contributed by atoms with Crippen molar-refractivity contribution < 1.29 is 18.3 Å². The maximum atomic E-state index is 12.2. The van der Waals surface area contributed by atoms with Crippen LogP contribution in [0.2, 0.25) is 0 Å². The predicted molar refractivity (Wildman–Crippen MR) is 64.4 cm³/mol. The Morgan fingerprint density at radius 2 is 1.83 bits per heavy atom. The number of piperidine rings is 1. The molecule has 0 bridgehead atoms. The number of likely N-dealkylation sites (tertiary alicyclic amines) is 1. The third-order valence-electron chi connectivity index (χ3n) is 3.52. The number of rotatable bonds is 5.